The molecule has 3 heteroatoms. The van der Waals surface area contributed by atoms with Gasteiger partial charge < -0.3 is 4.74 Å². The summed E-state index contributed by atoms with van der Waals surface area (Å²) in [7, 11) is 0. The molecule has 0 unspecified atom stereocenters. The zero-order valence-corrected chi connectivity index (χ0v) is 15.3. The number of carbonyl (C=O) groups is 1. The lowest BCUT2D eigenvalue weighted by molar-refractivity contribution is -0.143. The van der Waals surface area contributed by atoms with E-state index >= 15 is 0 Å². The van der Waals surface area contributed by atoms with E-state index in [0.717, 1.165) is 6.42 Å². The molecule has 0 N–H and O–H groups in total. The summed E-state index contributed by atoms with van der Waals surface area (Å²) < 4.78 is 4.92. The number of carbonyl (C=O) groups excluding carboxylic acids is 1. The lowest BCUT2D eigenvalue weighted by Gasteiger charge is -2.03. The van der Waals surface area contributed by atoms with E-state index in [-0.39, 0.29) is 23.3 Å². The van der Waals surface area contributed by atoms with Crippen molar-refractivity contribution in [2.45, 2.75) is 117 Å². The first-order valence-corrected chi connectivity index (χ1v) is 9.96. The van der Waals surface area contributed by atoms with Gasteiger partial charge in [0.2, 0.25) is 0 Å². The van der Waals surface area contributed by atoms with Gasteiger partial charge in [0.05, 0.1) is 6.61 Å². The molecular formula is C20H43AlO2. The van der Waals surface area contributed by atoms with Crippen molar-refractivity contribution in [3.8, 4) is 0 Å². The highest BCUT2D eigenvalue weighted by molar-refractivity contribution is 5.75. The van der Waals surface area contributed by atoms with Gasteiger partial charge in [0.25, 0.3) is 0 Å². The molecule has 0 aliphatic heterocycles. The molecule has 0 aromatic carbocycles. The molecule has 0 aliphatic carbocycles. The monoisotopic (exact) mass is 342 g/mol. The molecule has 0 saturated heterocycles. The molecule has 0 bridgehead atoms. The van der Waals surface area contributed by atoms with Crippen molar-refractivity contribution in [2.24, 2.45) is 0 Å². The highest BCUT2D eigenvalue weighted by atomic mass is 27.0. The van der Waals surface area contributed by atoms with E-state index in [1.54, 1.807) is 0 Å². The van der Waals surface area contributed by atoms with Crippen molar-refractivity contribution >= 4 is 23.3 Å². The van der Waals surface area contributed by atoms with Crippen molar-refractivity contribution in [2.75, 3.05) is 6.61 Å². The van der Waals surface area contributed by atoms with Crippen molar-refractivity contribution < 1.29 is 9.53 Å². The topological polar surface area (TPSA) is 26.3 Å². The average Bonchev–Trinajstić information content (AvgIpc) is 2.51. The summed E-state index contributed by atoms with van der Waals surface area (Å²) in [5.74, 6) is -0.0304. The van der Waals surface area contributed by atoms with Crippen molar-refractivity contribution in [3.63, 3.8) is 0 Å². The fraction of sp³-hybridized carbons (Fsp3) is 0.950. The maximum Gasteiger partial charge on any atom is 0.305 e. The molecular weight excluding hydrogens is 299 g/mol. The van der Waals surface area contributed by atoms with Crippen LogP contribution in [0.2, 0.25) is 0 Å². The van der Waals surface area contributed by atoms with Gasteiger partial charge in [0.15, 0.2) is 17.4 Å². The molecule has 0 heterocycles. The van der Waals surface area contributed by atoms with Crippen LogP contribution in [0.15, 0.2) is 0 Å². The quantitative estimate of drug-likeness (QED) is 0.195. The molecule has 2 nitrogen and oxygen atoms in total. The third kappa shape index (κ3) is 22.0. The van der Waals surface area contributed by atoms with Gasteiger partial charge in [-0.15, -0.1) is 0 Å². The normalized spacial score (nSPS) is 10.3. The van der Waals surface area contributed by atoms with E-state index in [9.17, 15) is 4.79 Å². The number of hydrogen-bond acceptors (Lipinski definition) is 2. The molecule has 0 amide bonds. The molecule has 0 atom stereocenters. The Morgan fingerprint density at radius 1 is 0.609 bits per heavy atom. The zero-order chi connectivity index (χ0) is 16.3. The summed E-state index contributed by atoms with van der Waals surface area (Å²) in [6.45, 7) is 4.66. The molecule has 0 spiro atoms. The third-order valence-corrected chi connectivity index (χ3v) is 4.29. The first-order valence-electron chi connectivity index (χ1n) is 9.96. The number of hydrogen-bond donors (Lipinski definition) is 0. The number of ether oxygens (including phenoxy) is 1. The minimum Gasteiger partial charge on any atom is -0.466 e. The van der Waals surface area contributed by atoms with E-state index in [2.05, 4.69) is 6.92 Å². The second kappa shape index (κ2) is 22.0. The van der Waals surface area contributed by atoms with E-state index in [1.807, 2.05) is 6.92 Å². The van der Waals surface area contributed by atoms with Crippen molar-refractivity contribution in [3.05, 3.63) is 0 Å². The summed E-state index contributed by atoms with van der Waals surface area (Å²) >= 11 is 0. The first-order chi connectivity index (χ1) is 10.8. The zero-order valence-electron chi connectivity index (χ0n) is 15.3. The van der Waals surface area contributed by atoms with Crippen LogP contribution in [0.3, 0.4) is 0 Å². The predicted octanol–water partition coefficient (Wildman–Crippen LogP) is 5.63. The highest BCUT2D eigenvalue weighted by Crippen LogP contribution is 2.13. The fourth-order valence-electron chi connectivity index (χ4n) is 2.87. The highest BCUT2D eigenvalue weighted by Gasteiger charge is 2.00. The number of unbranched alkanes of at least 4 members (excludes halogenated alkanes) is 14. The van der Waals surface area contributed by atoms with Crippen LogP contribution >= 0.6 is 0 Å². The van der Waals surface area contributed by atoms with Gasteiger partial charge in [-0.2, -0.15) is 0 Å². The minimum absolute atomic E-state index is 0. The van der Waals surface area contributed by atoms with Gasteiger partial charge in [-0.1, -0.05) is 96.8 Å². The van der Waals surface area contributed by atoms with Crippen LogP contribution in [-0.2, 0) is 9.53 Å². The SMILES string of the molecule is CCCCCCCCCCCCCCCCCC(=O)OCC.[AlH3]. The van der Waals surface area contributed by atoms with Gasteiger partial charge in [-0.25, -0.2) is 0 Å². The van der Waals surface area contributed by atoms with Crippen LogP contribution in [0.5, 0.6) is 0 Å². The van der Waals surface area contributed by atoms with Gasteiger partial charge in [-0.05, 0) is 13.3 Å². The summed E-state index contributed by atoms with van der Waals surface area (Å²) in [6, 6.07) is 0. The molecule has 0 rings (SSSR count). The predicted molar refractivity (Wildman–Crippen MR) is 106 cm³/mol. The van der Waals surface area contributed by atoms with Crippen LogP contribution in [-0.4, -0.2) is 29.9 Å². The largest absolute Gasteiger partial charge is 0.466 e. The Morgan fingerprint density at radius 2 is 0.957 bits per heavy atom. The lowest BCUT2D eigenvalue weighted by Crippen LogP contribution is -2.03. The van der Waals surface area contributed by atoms with Gasteiger partial charge in [-0.3, -0.25) is 4.79 Å². The number of esters is 1. The van der Waals surface area contributed by atoms with Crippen LogP contribution in [0, 0.1) is 0 Å². The Bertz CT molecular complexity index is 232. The Kier molecular flexibility index (Phi) is 24.2. The second-order valence-electron chi connectivity index (χ2n) is 6.50. The van der Waals surface area contributed by atoms with E-state index in [4.69, 9.17) is 4.74 Å². The molecule has 0 aromatic heterocycles. The summed E-state index contributed by atoms with van der Waals surface area (Å²) in [6.07, 6.45) is 21.0. The maximum atomic E-state index is 11.2. The summed E-state index contributed by atoms with van der Waals surface area (Å²) in [5, 5.41) is 0. The van der Waals surface area contributed by atoms with Crippen LogP contribution < -0.4 is 0 Å². The molecule has 23 heavy (non-hydrogen) atoms. The third-order valence-electron chi connectivity index (χ3n) is 4.29. The second-order valence-corrected chi connectivity index (χ2v) is 6.50. The van der Waals surface area contributed by atoms with Gasteiger partial charge in [0.1, 0.15) is 0 Å². The van der Waals surface area contributed by atoms with Gasteiger partial charge >= 0.3 is 5.97 Å². The Labute approximate surface area is 156 Å². The smallest absolute Gasteiger partial charge is 0.305 e. The van der Waals surface area contributed by atoms with Crippen molar-refractivity contribution in [1.29, 1.82) is 0 Å². The lowest BCUT2D eigenvalue weighted by atomic mass is 10.0. The average molecular weight is 343 g/mol. The molecule has 138 valence electrons. The van der Waals surface area contributed by atoms with Crippen LogP contribution in [0.4, 0.5) is 0 Å². The number of rotatable bonds is 17. The molecule has 0 aromatic rings. The van der Waals surface area contributed by atoms with E-state index < -0.39 is 0 Å². The minimum atomic E-state index is -0.0304. The molecule has 0 fully saturated rings. The Hall–Kier alpha value is 0.00247. The summed E-state index contributed by atoms with van der Waals surface area (Å²) in [5.41, 5.74) is 0. The van der Waals surface area contributed by atoms with Crippen molar-refractivity contribution in [1.82, 2.24) is 0 Å². The van der Waals surface area contributed by atoms with E-state index in [0.29, 0.717) is 13.0 Å². The van der Waals surface area contributed by atoms with E-state index in [1.165, 1.54) is 89.9 Å². The molecule has 0 saturated carbocycles. The Balaban J connectivity index is 0. The van der Waals surface area contributed by atoms with Gasteiger partial charge in [0, 0.05) is 6.42 Å². The maximum absolute atomic E-state index is 11.2. The summed E-state index contributed by atoms with van der Waals surface area (Å²) in [4.78, 5) is 11.2. The van der Waals surface area contributed by atoms with Crippen LogP contribution in [0.25, 0.3) is 0 Å². The molecule has 0 radical (unpaired) electrons. The van der Waals surface area contributed by atoms with Crippen LogP contribution in [0.1, 0.15) is 117 Å². The molecule has 0 aliphatic rings. The fourth-order valence-corrected chi connectivity index (χ4v) is 2.87. The standard InChI is InChI=1S/C20H40O2.Al.3H/c1-3-5-6-7-8-9-10-11-12-13-14-15-16-17-18-19-20(21)22-4-2;;;;/h3-19H2,1-2H3;;;;. The Morgan fingerprint density at radius 3 is 1.30 bits per heavy atom. The first kappa shape index (κ1) is 25.2.